The molecular weight excluding hydrogens is 384 g/mol. The highest BCUT2D eigenvalue weighted by Gasteiger charge is 2.22. The summed E-state index contributed by atoms with van der Waals surface area (Å²) in [6.45, 7) is 4.60. The van der Waals surface area contributed by atoms with Crippen molar-refractivity contribution in [1.29, 1.82) is 0 Å². The molecule has 4 nitrogen and oxygen atoms in total. The first kappa shape index (κ1) is 16.7. The average Bonchev–Trinajstić information content (AvgIpc) is 2.78. The Morgan fingerprint density at radius 2 is 2.10 bits per heavy atom. The maximum absolute atomic E-state index is 12.2. The lowest BCUT2D eigenvalue weighted by Gasteiger charge is -2.32. The van der Waals surface area contributed by atoms with Crippen LogP contribution in [0.1, 0.15) is 26.2 Å². The zero-order valence-corrected chi connectivity index (χ0v) is 15.2. The number of likely N-dealkylation sites (tertiary alicyclic amines) is 1. The van der Waals surface area contributed by atoms with E-state index in [1.54, 1.807) is 0 Å². The first-order valence-electron chi connectivity index (χ1n) is 6.58. The van der Waals surface area contributed by atoms with Gasteiger partial charge in [-0.15, -0.1) is 11.3 Å². The van der Waals surface area contributed by atoms with Crippen molar-refractivity contribution in [1.82, 2.24) is 9.62 Å². The molecule has 1 aromatic rings. The minimum atomic E-state index is -3.47. The van der Waals surface area contributed by atoms with Gasteiger partial charge in [0.15, 0.2) is 0 Å². The number of halogens is 2. The largest absolute Gasteiger partial charge is 0.299 e. The fourth-order valence-corrected chi connectivity index (χ4v) is 5.81. The van der Waals surface area contributed by atoms with Crippen LogP contribution in [-0.2, 0) is 10.0 Å². The second-order valence-electron chi connectivity index (χ2n) is 4.98. The zero-order chi connectivity index (χ0) is 14.8. The van der Waals surface area contributed by atoms with Gasteiger partial charge in [0, 0.05) is 12.6 Å². The van der Waals surface area contributed by atoms with E-state index in [1.165, 1.54) is 25.3 Å². The average molecular weight is 402 g/mol. The second-order valence-corrected chi connectivity index (χ2v) is 9.76. The summed E-state index contributed by atoms with van der Waals surface area (Å²) < 4.78 is 27.9. The van der Waals surface area contributed by atoms with Crippen LogP contribution < -0.4 is 4.72 Å². The maximum Gasteiger partial charge on any atom is 0.250 e. The molecule has 8 heteroatoms. The highest BCUT2D eigenvalue weighted by Crippen LogP contribution is 2.34. The summed E-state index contributed by atoms with van der Waals surface area (Å²) in [4.78, 5) is 2.34. The summed E-state index contributed by atoms with van der Waals surface area (Å²) in [6.07, 6.45) is 3.67. The Kier molecular flexibility index (Phi) is 5.90. The molecule has 0 bridgehead atoms. The van der Waals surface area contributed by atoms with Crippen LogP contribution in [0.2, 0.25) is 5.02 Å². The Balaban J connectivity index is 1.95. The Bertz CT molecular complexity index is 536. The van der Waals surface area contributed by atoms with Crippen molar-refractivity contribution in [3.05, 3.63) is 14.9 Å². The van der Waals surface area contributed by atoms with Crippen molar-refractivity contribution in [3.8, 4) is 0 Å². The SMILES string of the molecule is CC(CNS(=O)(=O)c1cc(Cl)c(Br)s1)N1CCCCC1. The summed E-state index contributed by atoms with van der Waals surface area (Å²) in [5, 5.41) is 0.430. The van der Waals surface area contributed by atoms with Crippen LogP contribution in [0.5, 0.6) is 0 Å². The molecule has 0 saturated carbocycles. The van der Waals surface area contributed by atoms with E-state index >= 15 is 0 Å². The summed E-state index contributed by atoms with van der Waals surface area (Å²) in [6, 6.07) is 1.69. The normalized spacial score (nSPS) is 19.1. The van der Waals surface area contributed by atoms with Gasteiger partial charge in [-0.2, -0.15) is 0 Å². The number of sulfonamides is 1. The minimum Gasteiger partial charge on any atom is -0.299 e. The van der Waals surface area contributed by atoms with E-state index < -0.39 is 10.0 Å². The van der Waals surface area contributed by atoms with Crippen LogP contribution in [0.4, 0.5) is 0 Å². The molecule has 1 N–H and O–H groups in total. The fraction of sp³-hybridized carbons (Fsp3) is 0.667. The maximum atomic E-state index is 12.2. The lowest BCUT2D eigenvalue weighted by molar-refractivity contribution is 0.175. The number of nitrogens with one attached hydrogen (secondary N) is 1. The molecule has 114 valence electrons. The van der Waals surface area contributed by atoms with Crippen molar-refractivity contribution in [2.24, 2.45) is 0 Å². The van der Waals surface area contributed by atoms with Crippen LogP contribution in [0.3, 0.4) is 0 Å². The van der Waals surface area contributed by atoms with Crippen molar-refractivity contribution >= 4 is 48.9 Å². The summed E-state index contributed by atoms with van der Waals surface area (Å²) >= 11 is 10.2. The van der Waals surface area contributed by atoms with Gasteiger partial charge in [0.25, 0.3) is 0 Å². The van der Waals surface area contributed by atoms with Gasteiger partial charge in [-0.25, -0.2) is 13.1 Å². The third-order valence-electron chi connectivity index (χ3n) is 3.47. The minimum absolute atomic E-state index is 0.212. The predicted molar refractivity (Wildman–Crippen MR) is 87.1 cm³/mol. The first-order chi connectivity index (χ1) is 9.40. The molecule has 2 heterocycles. The third kappa shape index (κ3) is 4.18. The molecule has 0 aromatic carbocycles. The van der Waals surface area contributed by atoms with Crippen LogP contribution in [0, 0.1) is 0 Å². The molecule has 2 rings (SSSR count). The van der Waals surface area contributed by atoms with E-state index in [0.29, 0.717) is 15.4 Å². The summed E-state index contributed by atoms with van der Waals surface area (Å²) in [5.74, 6) is 0. The lowest BCUT2D eigenvalue weighted by Crippen LogP contribution is -2.44. The van der Waals surface area contributed by atoms with Crippen molar-refractivity contribution in [2.75, 3.05) is 19.6 Å². The van der Waals surface area contributed by atoms with E-state index in [1.807, 2.05) is 0 Å². The molecule has 1 fully saturated rings. The summed E-state index contributed by atoms with van der Waals surface area (Å²) in [5.41, 5.74) is 0. The van der Waals surface area contributed by atoms with Gasteiger partial charge in [0.05, 0.1) is 8.81 Å². The van der Waals surface area contributed by atoms with Crippen LogP contribution in [0.15, 0.2) is 14.1 Å². The number of thiophene rings is 1. The van der Waals surface area contributed by atoms with Gasteiger partial charge in [0.1, 0.15) is 4.21 Å². The van der Waals surface area contributed by atoms with Gasteiger partial charge in [-0.3, -0.25) is 4.90 Å². The van der Waals surface area contributed by atoms with Gasteiger partial charge >= 0.3 is 0 Å². The quantitative estimate of drug-likeness (QED) is 0.823. The highest BCUT2D eigenvalue weighted by atomic mass is 79.9. The van der Waals surface area contributed by atoms with Crippen molar-refractivity contribution in [2.45, 2.75) is 36.4 Å². The lowest BCUT2D eigenvalue weighted by atomic mass is 10.1. The van der Waals surface area contributed by atoms with Crippen molar-refractivity contribution in [3.63, 3.8) is 0 Å². The molecule has 1 aromatic heterocycles. The monoisotopic (exact) mass is 400 g/mol. The fourth-order valence-electron chi connectivity index (χ4n) is 2.25. The molecule has 1 aliphatic rings. The number of piperidine rings is 1. The molecule has 20 heavy (non-hydrogen) atoms. The van der Waals surface area contributed by atoms with Gasteiger partial charge in [0.2, 0.25) is 10.0 Å². The molecule has 1 saturated heterocycles. The Morgan fingerprint density at radius 3 is 2.65 bits per heavy atom. The molecule has 0 amide bonds. The topological polar surface area (TPSA) is 49.4 Å². The predicted octanol–water partition coefficient (Wildman–Crippen LogP) is 3.32. The molecule has 0 spiro atoms. The molecular formula is C12H18BrClN2O2S2. The molecule has 0 radical (unpaired) electrons. The van der Waals surface area contributed by atoms with E-state index in [4.69, 9.17) is 11.6 Å². The first-order valence-corrected chi connectivity index (χ1v) is 10.1. The van der Waals surface area contributed by atoms with Crippen LogP contribution in [0.25, 0.3) is 0 Å². The molecule has 1 aliphatic heterocycles. The molecule has 1 atom stereocenters. The van der Waals surface area contributed by atoms with E-state index in [0.717, 1.165) is 24.4 Å². The molecule has 1 unspecified atom stereocenters. The second kappa shape index (κ2) is 7.07. The van der Waals surface area contributed by atoms with Gasteiger partial charge in [-0.1, -0.05) is 18.0 Å². The number of nitrogens with zero attached hydrogens (tertiary/aromatic N) is 1. The highest BCUT2D eigenvalue weighted by molar-refractivity contribution is 9.11. The Hall–Kier alpha value is 0.340. The number of rotatable bonds is 5. The Morgan fingerprint density at radius 1 is 1.45 bits per heavy atom. The van der Waals surface area contributed by atoms with Gasteiger partial charge < -0.3 is 0 Å². The zero-order valence-electron chi connectivity index (χ0n) is 11.2. The van der Waals surface area contributed by atoms with E-state index in [2.05, 4.69) is 32.5 Å². The smallest absolute Gasteiger partial charge is 0.250 e. The Labute approximate surface area is 137 Å². The third-order valence-corrected chi connectivity index (χ3v) is 7.84. The van der Waals surface area contributed by atoms with Crippen LogP contribution in [-0.4, -0.2) is 39.0 Å². The standard InChI is InChI=1S/C12H18BrClN2O2S2/c1-9(16-5-3-2-4-6-16)8-15-20(17,18)11-7-10(14)12(13)19-11/h7,9,15H,2-6,8H2,1H3. The molecule has 0 aliphatic carbocycles. The summed E-state index contributed by atoms with van der Waals surface area (Å²) in [7, 11) is -3.47. The van der Waals surface area contributed by atoms with E-state index in [9.17, 15) is 8.42 Å². The van der Waals surface area contributed by atoms with Crippen LogP contribution >= 0.6 is 38.9 Å². The van der Waals surface area contributed by atoms with Crippen molar-refractivity contribution < 1.29 is 8.42 Å². The van der Waals surface area contributed by atoms with Gasteiger partial charge in [-0.05, 0) is 54.9 Å². The number of hydrogen-bond acceptors (Lipinski definition) is 4. The number of hydrogen-bond donors (Lipinski definition) is 1. The van der Waals surface area contributed by atoms with E-state index in [-0.39, 0.29) is 10.3 Å².